The van der Waals surface area contributed by atoms with E-state index in [1.165, 1.54) is 42.2 Å². The Bertz CT molecular complexity index is 3550. The zero-order valence-electron chi connectivity index (χ0n) is 33.3. The topological polar surface area (TPSA) is 50.4 Å². The van der Waals surface area contributed by atoms with Gasteiger partial charge in [-0.25, -0.2) is 9.98 Å². The van der Waals surface area contributed by atoms with Crippen LogP contribution >= 0.6 is 11.3 Å². The Balaban J connectivity index is 0.970. The first-order valence-electron chi connectivity index (χ1n) is 20.6. The monoisotopic (exact) mass is 799 g/mol. The molecule has 5 heteroatoms. The molecule has 1 atom stereocenters. The number of hydrogen-bond acceptors (Lipinski definition) is 5. The van der Waals surface area contributed by atoms with Gasteiger partial charge in [-0.2, -0.15) is 0 Å². The van der Waals surface area contributed by atoms with E-state index in [-0.39, 0.29) is 0 Å². The molecule has 0 radical (unpaired) electrons. The molecule has 0 spiro atoms. The maximum absolute atomic E-state index is 6.23. The van der Waals surface area contributed by atoms with E-state index in [4.69, 9.17) is 14.4 Å². The summed E-state index contributed by atoms with van der Waals surface area (Å²) in [4.78, 5) is 10.7. The molecule has 8 aromatic carbocycles. The molecule has 3 aromatic heterocycles. The first kappa shape index (κ1) is 35.4. The molecular weight excluding hydrogens is 763 g/mol. The van der Waals surface area contributed by atoms with Gasteiger partial charge >= 0.3 is 0 Å². The number of rotatable bonds is 6. The minimum Gasteiger partial charge on any atom is -0.456 e. The van der Waals surface area contributed by atoms with Crippen molar-refractivity contribution in [2.75, 3.05) is 0 Å². The molecule has 61 heavy (non-hydrogen) atoms. The predicted octanol–water partition coefficient (Wildman–Crippen LogP) is 14.8. The third kappa shape index (κ3) is 5.88. The van der Waals surface area contributed by atoms with E-state index in [0.717, 1.165) is 72.5 Å². The zero-order valence-corrected chi connectivity index (χ0v) is 34.1. The number of benzene rings is 8. The smallest absolute Gasteiger partial charge is 0.136 e. The van der Waals surface area contributed by atoms with Crippen molar-refractivity contribution >= 4 is 75.9 Å². The average molecular weight is 800 g/mol. The van der Waals surface area contributed by atoms with Crippen LogP contribution in [0.2, 0.25) is 0 Å². The van der Waals surface area contributed by atoms with Crippen LogP contribution in [0.1, 0.15) is 23.6 Å². The standard InChI is InChI=1S/C56H37N3OS/c1-56(40-16-6-3-7-17-40)34-46(58-55(59-56)39-14-4-2-5-15-39)37-30-32-38(33-31-37)53-54-52(44-19-9-11-25-49(44)61-54)51-42(20-12-22-45(51)57-53)36-28-26-35(27-29-36)41-21-13-24-48-50(41)43-18-8-10-23-47(43)60-48/h2-34H,1H3,(H,58,59). The SMILES string of the molecule is CC1(c2ccccc2)C=C(c2ccc(-c3nc4cccc(-c5ccc(-c6cccc7oc8ccccc8c67)cc5)c4c4c3sc3ccccc34)cc2)N=C(c2ccccc2)N1. The number of aliphatic imine (C=N–C) groups is 1. The van der Waals surface area contributed by atoms with Gasteiger partial charge < -0.3 is 9.73 Å². The molecule has 0 bridgehead atoms. The number of pyridine rings is 1. The van der Waals surface area contributed by atoms with Crippen molar-refractivity contribution in [2.24, 2.45) is 4.99 Å². The Morgan fingerprint density at radius 3 is 1.87 bits per heavy atom. The fourth-order valence-electron chi connectivity index (χ4n) is 9.16. The van der Waals surface area contributed by atoms with Crippen molar-refractivity contribution in [3.63, 3.8) is 0 Å². The van der Waals surface area contributed by atoms with Gasteiger partial charge in [0.15, 0.2) is 0 Å². The van der Waals surface area contributed by atoms with Crippen LogP contribution in [0.3, 0.4) is 0 Å². The summed E-state index contributed by atoms with van der Waals surface area (Å²) in [6.07, 6.45) is 2.25. The summed E-state index contributed by atoms with van der Waals surface area (Å²) in [5.41, 5.74) is 13.3. The summed E-state index contributed by atoms with van der Waals surface area (Å²) in [6.45, 7) is 2.22. The highest BCUT2D eigenvalue weighted by Gasteiger charge is 2.30. The van der Waals surface area contributed by atoms with Gasteiger partial charge in [-0.05, 0) is 65.1 Å². The number of amidine groups is 1. The van der Waals surface area contributed by atoms with Gasteiger partial charge in [0, 0.05) is 48.3 Å². The number of furan rings is 1. The molecule has 0 amide bonds. The number of aromatic nitrogens is 1. The van der Waals surface area contributed by atoms with E-state index in [1.54, 1.807) is 0 Å². The quantitative estimate of drug-likeness (QED) is 0.182. The van der Waals surface area contributed by atoms with Crippen molar-refractivity contribution in [1.82, 2.24) is 10.3 Å². The Kier molecular flexibility index (Phi) is 8.12. The second-order valence-corrected chi connectivity index (χ2v) is 17.0. The van der Waals surface area contributed by atoms with E-state index >= 15 is 0 Å². The Morgan fingerprint density at radius 2 is 1.10 bits per heavy atom. The van der Waals surface area contributed by atoms with Crippen molar-refractivity contribution in [3.8, 4) is 33.5 Å². The van der Waals surface area contributed by atoms with Crippen LogP contribution in [0.25, 0.3) is 92.2 Å². The maximum Gasteiger partial charge on any atom is 0.136 e. The lowest BCUT2D eigenvalue weighted by atomic mass is 9.88. The molecule has 1 unspecified atom stereocenters. The van der Waals surface area contributed by atoms with Crippen molar-refractivity contribution < 1.29 is 4.42 Å². The van der Waals surface area contributed by atoms with Gasteiger partial charge in [-0.15, -0.1) is 11.3 Å². The highest BCUT2D eigenvalue weighted by molar-refractivity contribution is 7.26. The predicted molar refractivity (Wildman–Crippen MR) is 256 cm³/mol. The normalized spacial score (nSPS) is 15.4. The summed E-state index contributed by atoms with van der Waals surface area (Å²) in [5.74, 6) is 0.853. The van der Waals surface area contributed by atoms with Gasteiger partial charge in [0.25, 0.3) is 0 Å². The minimum atomic E-state index is -0.452. The van der Waals surface area contributed by atoms with E-state index in [0.29, 0.717) is 0 Å². The summed E-state index contributed by atoms with van der Waals surface area (Å²) in [5, 5.41) is 9.70. The van der Waals surface area contributed by atoms with Crippen molar-refractivity contribution in [3.05, 3.63) is 217 Å². The van der Waals surface area contributed by atoms with Gasteiger partial charge in [0.05, 0.1) is 27.1 Å². The molecule has 12 rings (SSSR count). The molecular formula is C56H37N3OS. The second-order valence-electron chi connectivity index (χ2n) is 15.9. The van der Waals surface area contributed by atoms with Crippen molar-refractivity contribution in [2.45, 2.75) is 12.5 Å². The number of hydrogen-bond donors (Lipinski definition) is 1. The Labute approximate surface area is 356 Å². The highest BCUT2D eigenvalue weighted by atomic mass is 32.1. The summed E-state index contributed by atoms with van der Waals surface area (Å²) < 4.78 is 8.66. The molecule has 1 aliphatic rings. The summed E-state index contributed by atoms with van der Waals surface area (Å²) in [6, 6.07) is 68.6. The van der Waals surface area contributed by atoms with E-state index in [1.807, 2.05) is 29.5 Å². The first-order chi connectivity index (χ1) is 30.1. The molecule has 1 N–H and O–H groups in total. The molecule has 0 fully saturated rings. The van der Waals surface area contributed by atoms with Crippen LogP contribution in [-0.2, 0) is 5.54 Å². The van der Waals surface area contributed by atoms with Crippen LogP contribution in [0.5, 0.6) is 0 Å². The number of nitrogens with one attached hydrogen (secondary N) is 1. The molecule has 4 heterocycles. The van der Waals surface area contributed by atoms with Crippen LogP contribution in [-0.4, -0.2) is 10.8 Å². The van der Waals surface area contributed by atoms with E-state index in [2.05, 4.69) is 194 Å². The lowest BCUT2D eigenvalue weighted by molar-refractivity contribution is 0.547. The Hall–Kier alpha value is -7.60. The third-order valence-corrected chi connectivity index (χ3v) is 13.3. The first-order valence-corrected chi connectivity index (χ1v) is 21.5. The average Bonchev–Trinajstić information content (AvgIpc) is 3.91. The van der Waals surface area contributed by atoms with Crippen LogP contribution < -0.4 is 5.32 Å². The number of thiophene rings is 1. The largest absolute Gasteiger partial charge is 0.456 e. The van der Waals surface area contributed by atoms with Gasteiger partial charge in [0.2, 0.25) is 0 Å². The zero-order chi connectivity index (χ0) is 40.5. The van der Waals surface area contributed by atoms with Crippen molar-refractivity contribution in [1.29, 1.82) is 0 Å². The van der Waals surface area contributed by atoms with Crippen LogP contribution in [0.4, 0.5) is 0 Å². The molecule has 288 valence electrons. The van der Waals surface area contributed by atoms with Gasteiger partial charge in [0.1, 0.15) is 17.0 Å². The summed E-state index contributed by atoms with van der Waals surface area (Å²) >= 11 is 1.82. The molecule has 0 saturated heterocycles. The molecule has 1 aliphatic heterocycles. The van der Waals surface area contributed by atoms with E-state index < -0.39 is 5.54 Å². The molecule has 0 aliphatic carbocycles. The lowest BCUT2D eigenvalue weighted by Crippen LogP contribution is -2.44. The molecule has 4 nitrogen and oxygen atoms in total. The number of fused-ring (bicyclic) bond motifs is 8. The minimum absolute atomic E-state index is 0.452. The maximum atomic E-state index is 6.23. The fraction of sp³-hybridized carbons (Fsp3) is 0.0357. The molecule has 11 aromatic rings. The van der Waals surface area contributed by atoms with E-state index in [9.17, 15) is 0 Å². The third-order valence-electron chi connectivity index (χ3n) is 12.2. The lowest BCUT2D eigenvalue weighted by Gasteiger charge is -2.34. The number of para-hydroxylation sites is 1. The molecule has 0 saturated carbocycles. The van der Waals surface area contributed by atoms with Crippen LogP contribution in [0.15, 0.2) is 210 Å². The Morgan fingerprint density at radius 1 is 0.492 bits per heavy atom. The van der Waals surface area contributed by atoms with Gasteiger partial charge in [-0.1, -0.05) is 170 Å². The number of nitrogens with zero attached hydrogens (tertiary/aromatic N) is 2. The van der Waals surface area contributed by atoms with Gasteiger partial charge in [-0.3, -0.25) is 0 Å². The van der Waals surface area contributed by atoms with Crippen LogP contribution in [0, 0.1) is 0 Å². The fourth-order valence-corrected chi connectivity index (χ4v) is 10.4. The highest BCUT2D eigenvalue weighted by Crippen LogP contribution is 2.46. The second kappa shape index (κ2) is 14.0. The summed E-state index contributed by atoms with van der Waals surface area (Å²) in [7, 11) is 0.